The van der Waals surface area contributed by atoms with Crippen molar-refractivity contribution in [1.82, 2.24) is 9.78 Å². The van der Waals surface area contributed by atoms with Crippen LogP contribution in [0.15, 0.2) is 0 Å². The summed E-state index contributed by atoms with van der Waals surface area (Å²) in [5.74, 6) is 0. The number of aryl methyl sites for hydroxylation is 2. The van der Waals surface area contributed by atoms with E-state index < -0.39 is 12.4 Å². The van der Waals surface area contributed by atoms with Gasteiger partial charge in [-0.15, -0.1) is 0 Å². The molecule has 1 unspecified atom stereocenters. The van der Waals surface area contributed by atoms with Crippen LogP contribution in [0.4, 0.5) is 0 Å². The molecule has 1 aromatic heterocycles. The molecule has 0 bridgehead atoms. The third-order valence-electron chi connectivity index (χ3n) is 2.88. The first-order valence-corrected chi connectivity index (χ1v) is 7.04. The Morgan fingerprint density at radius 1 is 1.26 bits per heavy atom. The van der Waals surface area contributed by atoms with Gasteiger partial charge in [0, 0.05) is 26.7 Å². The van der Waals surface area contributed by atoms with Crippen LogP contribution < -0.4 is 0 Å². The minimum atomic E-state index is -0.766. The number of hydrogen-bond donors (Lipinski definition) is 1. The molecular weight excluding hydrogens is 268 g/mol. The van der Waals surface area contributed by atoms with E-state index in [1.807, 2.05) is 27.8 Å². The maximum absolute atomic E-state index is 10.2. The summed E-state index contributed by atoms with van der Waals surface area (Å²) in [5.41, 5.74) is 1.64. The lowest BCUT2D eigenvalue weighted by molar-refractivity contribution is -0.189. The zero-order chi connectivity index (χ0) is 14.4. The highest BCUT2D eigenvalue weighted by molar-refractivity contribution is 6.31. The quantitative estimate of drug-likeness (QED) is 0.744. The largest absolute Gasteiger partial charge is 0.387 e. The zero-order valence-corrected chi connectivity index (χ0v) is 12.8. The highest BCUT2D eigenvalue weighted by Crippen LogP contribution is 2.23. The number of nitrogens with zero attached hydrogens (tertiary/aromatic N) is 2. The molecule has 0 aromatic carbocycles. The third-order valence-corrected chi connectivity index (χ3v) is 3.32. The Hall–Kier alpha value is -0.620. The van der Waals surface area contributed by atoms with Gasteiger partial charge in [-0.1, -0.05) is 18.5 Å². The normalized spacial score (nSPS) is 13.2. The molecule has 0 saturated heterocycles. The van der Waals surface area contributed by atoms with Crippen LogP contribution in [0.1, 0.15) is 32.2 Å². The Labute approximate surface area is 119 Å². The molecule has 19 heavy (non-hydrogen) atoms. The fourth-order valence-corrected chi connectivity index (χ4v) is 2.31. The van der Waals surface area contributed by atoms with Crippen molar-refractivity contribution in [3.8, 4) is 0 Å². The molecule has 0 radical (unpaired) electrons. The average Bonchev–Trinajstić information content (AvgIpc) is 2.65. The van der Waals surface area contributed by atoms with Crippen molar-refractivity contribution >= 4 is 11.6 Å². The van der Waals surface area contributed by atoms with E-state index in [1.54, 1.807) is 4.68 Å². The van der Waals surface area contributed by atoms with Crippen molar-refractivity contribution in [2.24, 2.45) is 7.05 Å². The van der Waals surface area contributed by atoms with E-state index in [0.29, 0.717) is 24.7 Å². The van der Waals surface area contributed by atoms with Gasteiger partial charge in [0.2, 0.25) is 0 Å². The molecule has 1 aromatic rings. The summed E-state index contributed by atoms with van der Waals surface area (Å²) in [7, 11) is 1.82. The van der Waals surface area contributed by atoms with Gasteiger partial charge in [0.1, 0.15) is 6.10 Å². The lowest BCUT2D eigenvalue weighted by Crippen LogP contribution is -2.34. The fraction of sp³-hybridized carbons (Fsp3) is 0.769. The molecule has 6 heteroatoms. The summed E-state index contributed by atoms with van der Waals surface area (Å²) in [6.45, 7) is 6.70. The molecule has 0 spiro atoms. The fourth-order valence-electron chi connectivity index (χ4n) is 1.93. The van der Waals surface area contributed by atoms with Gasteiger partial charge in [-0.25, -0.2) is 0 Å². The molecule has 110 valence electrons. The van der Waals surface area contributed by atoms with E-state index in [2.05, 4.69) is 5.10 Å². The monoisotopic (exact) mass is 290 g/mol. The van der Waals surface area contributed by atoms with Crippen molar-refractivity contribution in [3.63, 3.8) is 0 Å². The molecule has 0 aliphatic heterocycles. The Morgan fingerprint density at radius 2 is 1.84 bits per heavy atom. The number of aromatic nitrogens is 2. The first-order valence-electron chi connectivity index (χ1n) is 6.66. The van der Waals surface area contributed by atoms with Gasteiger partial charge < -0.3 is 14.6 Å². The highest BCUT2D eigenvalue weighted by Gasteiger charge is 2.24. The van der Waals surface area contributed by atoms with Gasteiger partial charge in [0.05, 0.1) is 16.4 Å². The predicted octanol–water partition coefficient (Wildman–Crippen LogP) is 1.94. The smallest absolute Gasteiger partial charge is 0.183 e. The van der Waals surface area contributed by atoms with E-state index in [9.17, 15) is 5.11 Å². The minimum absolute atomic E-state index is 0.354. The zero-order valence-electron chi connectivity index (χ0n) is 12.0. The molecule has 1 heterocycles. The number of ether oxygens (including phenoxy) is 2. The number of hydrogen-bond acceptors (Lipinski definition) is 4. The van der Waals surface area contributed by atoms with Gasteiger partial charge >= 0.3 is 0 Å². The van der Waals surface area contributed by atoms with E-state index in [1.165, 1.54) is 0 Å². The van der Waals surface area contributed by atoms with Crippen LogP contribution >= 0.6 is 11.6 Å². The van der Waals surface area contributed by atoms with Gasteiger partial charge in [0.25, 0.3) is 0 Å². The molecular formula is C13H23ClN2O3. The van der Waals surface area contributed by atoms with Gasteiger partial charge in [-0.3, -0.25) is 4.68 Å². The van der Waals surface area contributed by atoms with Crippen molar-refractivity contribution in [2.45, 2.75) is 46.0 Å². The van der Waals surface area contributed by atoms with Crippen LogP contribution in [0, 0.1) is 0 Å². The summed E-state index contributed by atoms with van der Waals surface area (Å²) in [6.07, 6.45) is -0.278. The van der Waals surface area contributed by atoms with Crippen molar-refractivity contribution < 1.29 is 14.6 Å². The van der Waals surface area contributed by atoms with E-state index in [-0.39, 0.29) is 0 Å². The van der Waals surface area contributed by atoms with Crippen molar-refractivity contribution in [3.05, 3.63) is 16.4 Å². The van der Waals surface area contributed by atoms with Gasteiger partial charge in [0.15, 0.2) is 6.29 Å². The van der Waals surface area contributed by atoms with E-state index in [0.717, 1.165) is 17.8 Å². The third kappa shape index (κ3) is 4.18. The van der Waals surface area contributed by atoms with Crippen LogP contribution in [0.2, 0.25) is 5.02 Å². The molecule has 0 saturated carbocycles. The number of aliphatic hydroxyl groups is 1. The average molecular weight is 291 g/mol. The lowest BCUT2D eigenvalue weighted by Gasteiger charge is -2.22. The van der Waals surface area contributed by atoms with Crippen LogP contribution in [0.5, 0.6) is 0 Å². The second-order valence-corrected chi connectivity index (χ2v) is 4.61. The Morgan fingerprint density at radius 3 is 2.26 bits per heavy atom. The van der Waals surface area contributed by atoms with Crippen molar-refractivity contribution in [2.75, 3.05) is 13.2 Å². The Balaban J connectivity index is 2.79. The van der Waals surface area contributed by atoms with Crippen LogP contribution in [-0.4, -0.2) is 40.5 Å². The predicted molar refractivity (Wildman–Crippen MR) is 74.3 cm³/mol. The van der Waals surface area contributed by atoms with Crippen LogP contribution in [-0.2, 0) is 29.4 Å². The maximum Gasteiger partial charge on any atom is 0.183 e. The topological polar surface area (TPSA) is 56.5 Å². The Bertz CT molecular complexity index is 389. The van der Waals surface area contributed by atoms with E-state index >= 15 is 0 Å². The van der Waals surface area contributed by atoms with Crippen LogP contribution in [0.25, 0.3) is 0 Å². The molecule has 0 aliphatic carbocycles. The van der Waals surface area contributed by atoms with Gasteiger partial charge in [-0.2, -0.15) is 5.10 Å². The molecule has 0 amide bonds. The standard InChI is InChI=1S/C13H23ClN2O3/c1-5-9-12(14)10(16(4)15-9)8-11(17)13(18-6-2)19-7-3/h11,13,17H,5-8H2,1-4H3. The second kappa shape index (κ2) is 7.85. The molecule has 1 rings (SSSR count). The van der Waals surface area contributed by atoms with Crippen LogP contribution in [0.3, 0.4) is 0 Å². The summed E-state index contributed by atoms with van der Waals surface area (Å²) in [4.78, 5) is 0. The number of halogens is 1. The molecule has 5 nitrogen and oxygen atoms in total. The first kappa shape index (κ1) is 16.4. The summed E-state index contributed by atoms with van der Waals surface area (Å²) in [5, 5.41) is 15.2. The Kier molecular flexibility index (Phi) is 6.79. The van der Waals surface area contributed by atoms with Crippen molar-refractivity contribution in [1.29, 1.82) is 0 Å². The molecule has 1 N–H and O–H groups in total. The first-order chi connectivity index (χ1) is 9.04. The second-order valence-electron chi connectivity index (χ2n) is 4.24. The summed E-state index contributed by atoms with van der Waals surface area (Å²) in [6, 6.07) is 0. The van der Waals surface area contributed by atoms with Gasteiger partial charge in [-0.05, 0) is 20.3 Å². The SMILES string of the molecule is CCOC(OCC)C(O)Cc1c(Cl)c(CC)nn1C. The molecule has 0 fully saturated rings. The maximum atomic E-state index is 10.2. The van der Waals surface area contributed by atoms with E-state index in [4.69, 9.17) is 21.1 Å². The summed E-state index contributed by atoms with van der Waals surface area (Å²) < 4.78 is 12.5. The number of aliphatic hydroxyl groups excluding tert-OH is 1. The molecule has 0 aliphatic rings. The lowest BCUT2D eigenvalue weighted by atomic mass is 10.1. The summed E-state index contributed by atoms with van der Waals surface area (Å²) >= 11 is 6.26. The molecule has 1 atom stereocenters. The number of rotatable bonds is 8. The highest BCUT2D eigenvalue weighted by atomic mass is 35.5. The minimum Gasteiger partial charge on any atom is -0.387 e.